The minimum absolute atomic E-state index is 0.00590. The Labute approximate surface area is 143 Å². The molecule has 0 radical (unpaired) electrons. The van der Waals surface area contributed by atoms with Crippen LogP contribution in [0.1, 0.15) is 24.8 Å². The monoisotopic (exact) mass is 354 g/mol. The summed E-state index contributed by atoms with van der Waals surface area (Å²) in [4.78, 5) is 13.9. The van der Waals surface area contributed by atoms with Crippen molar-refractivity contribution < 1.29 is 9.90 Å². The van der Waals surface area contributed by atoms with Crippen molar-refractivity contribution in [2.45, 2.75) is 19.3 Å². The number of carbonyl (C=O) groups excluding carboxylic acids is 1. The number of rotatable bonds is 3. The van der Waals surface area contributed by atoms with Gasteiger partial charge in [-0.25, -0.2) is 0 Å². The van der Waals surface area contributed by atoms with Crippen molar-refractivity contribution >= 4 is 34.9 Å². The largest absolute Gasteiger partial charge is 0.508 e. The first-order chi connectivity index (χ1) is 10.9. The molecule has 0 bridgehead atoms. The number of aromatic hydroxyl groups is 1. The van der Waals surface area contributed by atoms with Gasteiger partial charge in [-0.2, -0.15) is 0 Å². The van der Waals surface area contributed by atoms with E-state index in [4.69, 9.17) is 23.2 Å². The molecule has 1 N–H and O–H groups in total. The molecule has 0 saturated carbocycles. The predicted molar refractivity (Wildman–Crippen MR) is 88.0 cm³/mol. The number of anilines is 1. The third-order valence-electron chi connectivity index (χ3n) is 4.29. The number of halogens is 2. The van der Waals surface area contributed by atoms with Crippen LogP contribution < -0.4 is 4.90 Å². The number of benzene rings is 1. The second-order valence-electron chi connectivity index (χ2n) is 5.80. The van der Waals surface area contributed by atoms with E-state index < -0.39 is 0 Å². The molecule has 0 spiro atoms. The first kappa shape index (κ1) is 16.1. The normalized spacial score (nSPS) is 19.4. The van der Waals surface area contributed by atoms with Crippen molar-refractivity contribution in [2.75, 3.05) is 11.4 Å². The fourth-order valence-electron chi connectivity index (χ4n) is 2.98. The van der Waals surface area contributed by atoms with Gasteiger partial charge < -0.3 is 5.11 Å². The summed E-state index contributed by atoms with van der Waals surface area (Å²) in [6.07, 6.45) is 2.06. The Balaban J connectivity index is 1.86. The molecule has 1 aromatic heterocycles. The van der Waals surface area contributed by atoms with Gasteiger partial charge in [0.25, 0.3) is 0 Å². The van der Waals surface area contributed by atoms with Gasteiger partial charge in [-0.15, -0.1) is 5.10 Å². The van der Waals surface area contributed by atoms with Gasteiger partial charge in [-0.3, -0.25) is 14.4 Å². The first-order valence-corrected chi connectivity index (χ1v) is 7.97. The smallest absolute Gasteiger partial charge is 0.228 e. The molecule has 1 saturated heterocycles. The molecule has 6 nitrogen and oxygen atoms in total. The highest BCUT2D eigenvalue weighted by Gasteiger charge is 2.37. The summed E-state index contributed by atoms with van der Waals surface area (Å²) in [5.41, 5.74) is 0.581. The number of nitrogens with zero attached hydrogens (tertiary/aromatic N) is 4. The van der Waals surface area contributed by atoms with Crippen LogP contribution in [0.3, 0.4) is 0 Å². The number of aromatic nitrogens is 3. The van der Waals surface area contributed by atoms with Gasteiger partial charge in [0.1, 0.15) is 5.75 Å². The van der Waals surface area contributed by atoms with Crippen LogP contribution in [0.4, 0.5) is 5.82 Å². The third kappa shape index (κ3) is 2.88. The van der Waals surface area contributed by atoms with Crippen molar-refractivity contribution in [1.82, 2.24) is 15.0 Å². The van der Waals surface area contributed by atoms with E-state index >= 15 is 0 Å². The fourth-order valence-corrected chi connectivity index (χ4v) is 3.47. The maximum atomic E-state index is 12.3. The molecule has 1 unspecified atom stereocenters. The van der Waals surface area contributed by atoms with E-state index in [1.807, 2.05) is 6.92 Å². The Morgan fingerprint density at radius 1 is 1.39 bits per heavy atom. The van der Waals surface area contributed by atoms with Crippen molar-refractivity contribution in [3.8, 4) is 5.75 Å². The zero-order valence-electron chi connectivity index (χ0n) is 12.7. The summed E-state index contributed by atoms with van der Waals surface area (Å²) >= 11 is 12.3. The molecule has 1 aromatic carbocycles. The lowest BCUT2D eigenvalue weighted by atomic mass is 9.86. The molecule has 2 aromatic rings. The number of hydrogen-bond donors (Lipinski definition) is 1. The van der Waals surface area contributed by atoms with Crippen molar-refractivity contribution in [3.63, 3.8) is 0 Å². The maximum Gasteiger partial charge on any atom is 0.228 e. The van der Waals surface area contributed by atoms with Crippen LogP contribution in [0.2, 0.25) is 10.0 Å². The van der Waals surface area contributed by atoms with Crippen LogP contribution in [0.5, 0.6) is 5.75 Å². The SMILES string of the molecule is C[C@H](c1c(O)ccc(Cl)c1Cl)C1CC(=O)N(c2cn(C)nn2)C1. The zero-order chi connectivity index (χ0) is 16.7. The lowest BCUT2D eigenvalue weighted by Gasteiger charge is -2.22. The van der Waals surface area contributed by atoms with E-state index in [0.717, 1.165) is 0 Å². The van der Waals surface area contributed by atoms with Crippen LogP contribution in [0.15, 0.2) is 18.3 Å². The van der Waals surface area contributed by atoms with Crippen molar-refractivity contribution in [3.05, 3.63) is 33.9 Å². The van der Waals surface area contributed by atoms with Crippen LogP contribution in [-0.4, -0.2) is 32.6 Å². The van der Waals surface area contributed by atoms with Gasteiger partial charge in [0.05, 0.1) is 16.2 Å². The Morgan fingerprint density at radius 3 is 2.78 bits per heavy atom. The Kier molecular flexibility index (Phi) is 4.21. The molecule has 1 aliphatic heterocycles. The Hall–Kier alpha value is -1.79. The average molecular weight is 355 g/mol. The van der Waals surface area contributed by atoms with Crippen LogP contribution in [0, 0.1) is 5.92 Å². The van der Waals surface area contributed by atoms with E-state index in [0.29, 0.717) is 34.4 Å². The number of hydrogen-bond acceptors (Lipinski definition) is 4. The lowest BCUT2D eigenvalue weighted by Crippen LogP contribution is -2.25. The molecular formula is C15H16Cl2N4O2. The molecule has 1 fully saturated rings. The molecule has 8 heteroatoms. The zero-order valence-corrected chi connectivity index (χ0v) is 14.2. The molecule has 122 valence electrons. The summed E-state index contributed by atoms with van der Waals surface area (Å²) in [7, 11) is 1.75. The third-order valence-corrected chi connectivity index (χ3v) is 5.11. The quantitative estimate of drug-likeness (QED) is 0.919. The van der Waals surface area contributed by atoms with Gasteiger partial charge in [0.15, 0.2) is 5.82 Å². The molecule has 2 heterocycles. The van der Waals surface area contributed by atoms with Gasteiger partial charge in [-0.1, -0.05) is 35.3 Å². The summed E-state index contributed by atoms with van der Waals surface area (Å²) in [6.45, 7) is 2.44. The second kappa shape index (κ2) is 6.02. The van der Waals surface area contributed by atoms with E-state index in [1.165, 1.54) is 6.07 Å². The average Bonchev–Trinajstić information content (AvgIpc) is 3.09. The molecule has 3 rings (SSSR count). The van der Waals surface area contributed by atoms with Gasteiger partial charge in [0, 0.05) is 25.6 Å². The van der Waals surface area contributed by atoms with Crippen LogP contribution in [0.25, 0.3) is 0 Å². The first-order valence-electron chi connectivity index (χ1n) is 7.22. The Morgan fingerprint density at radius 2 is 2.13 bits per heavy atom. The minimum Gasteiger partial charge on any atom is -0.508 e. The molecule has 2 atom stereocenters. The van der Waals surface area contributed by atoms with Gasteiger partial charge >= 0.3 is 0 Å². The lowest BCUT2D eigenvalue weighted by molar-refractivity contribution is -0.117. The highest BCUT2D eigenvalue weighted by molar-refractivity contribution is 6.42. The number of carbonyl (C=O) groups is 1. The second-order valence-corrected chi connectivity index (χ2v) is 6.59. The van der Waals surface area contributed by atoms with Crippen molar-refractivity contribution in [1.29, 1.82) is 0 Å². The van der Waals surface area contributed by atoms with E-state index in [9.17, 15) is 9.90 Å². The minimum atomic E-state index is -0.119. The van der Waals surface area contributed by atoms with Gasteiger partial charge in [0.2, 0.25) is 5.91 Å². The predicted octanol–water partition coefficient (Wildman–Crippen LogP) is 2.98. The number of aryl methyl sites for hydroxylation is 1. The molecule has 1 amide bonds. The molecule has 1 aliphatic rings. The van der Waals surface area contributed by atoms with E-state index in [-0.39, 0.29) is 23.5 Å². The number of phenols is 1. The molecule has 23 heavy (non-hydrogen) atoms. The summed E-state index contributed by atoms with van der Waals surface area (Å²) in [5.74, 6) is 0.504. The standard InChI is InChI=1S/C15H16Cl2N4O2/c1-8(14-11(22)4-3-10(16)15(14)17)9-5-13(23)21(6-9)12-7-20(2)19-18-12/h3-4,7-9,22H,5-6H2,1-2H3/t8-,9?/m0/s1. The highest BCUT2D eigenvalue weighted by Crippen LogP contribution is 2.43. The summed E-state index contributed by atoms with van der Waals surface area (Å²) < 4.78 is 1.55. The number of amides is 1. The Bertz CT molecular complexity index is 762. The van der Waals surface area contributed by atoms with Gasteiger partial charge in [-0.05, 0) is 24.0 Å². The fraction of sp³-hybridized carbons (Fsp3) is 0.400. The molecule has 0 aliphatic carbocycles. The van der Waals surface area contributed by atoms with Crippen molar-refractivity contribution in [2.24, 2.45) is 13.0 Å². The van der Waals surface area contributed by atoms with E-state index in [2.05, 4.69) is 10.3 Å². The maximum absolute atomic E-state index is 12.3. The summed E-state index contributed by atoms with van der Waals surface area (Å²) in [5, 5.41) is 18.7. The number of phenolic OH excluding ortho intramolecular Hbond substituents is 1. The van der Waals surface area contributed by atoms with Crippen LogP contribution >= 0.6 is 23.2 Å². The molecular weight excluding hydrogens is 339 g/mol. The topological polar surface area (TPSA) is 71.2 Å². The van der Waals surface area contributed by atoms with E-state index in [1.54, 1.807) is 28.9 Å². The summed E-state index contributed by atoms with van der Waals surface area (Å²) in [6, 6.07) is 3.08. The van der Waals surface area contributed by atoms with Crippen LogP contribution in [-0.2, 0) is 11.8 Å². The highest BCUT2D eigenvalue weighted by atomic mass is 35.5.